The Balaban J connectivity index is 2.53. The molecule has 33 heavy (non-hydrogen) atoms. The van der Waals surface area contributed by atoms with E-state index in [-0.39, 0.29) is 33.5 Å². The summed E-state index contributed by atoms with van der Waals surface area (Å²) in [5.41, 5.74) is 7.37. The van der Waals surface area contributed by atoms with Crippen molar-refractivity contribution in [1.29, 1.82) is 0 Å². The van der Waals surface area contributed by atoms with Crippen molar-refractivity contribution in [2.24, 2.45) is 21.6 Å². The van der Waals surface area contributed by atoms with Crippen LogP contribution >= 0.6 is 24.2 Å². The van der Waals surface area contributed by atoms with Crippen LogP contribution in [-0.4, -0.2) is 42.6 Å². The Morgan fingerprint density at radius 2 is 1.91 bits per heavy atom. The molecule has 0 unspecified atom stereocenters. The molecule has 0 spiro atoms. The molecular weight excluding hydrogens is 482 g/mol. The molecule has 0 amide bonds. The number of rotatable bonds is 8. The van der Waals surface area contributed by atoms with Crippen molar-refractivity contribution >= 4 is 51.5 Å². The van der Waals surface area contributed by atoms with Gasteiger partial charge in [-0.05, 0) is 38.3 Å². The quantitative estimate of drug-likeness (QED) is 0.236. The minimum atomic E-state index is -3.85. The summed E-state index contributed by atoms with van der Waals surface area (Å²) in [6, 6.07) is 1.57. The van der Waals surface area contributed by atoms with E-state index >= 15 is 0 Å². The standard InChI is InChI=1S/C21H33N5O4S3/c1-8-26(9-2)33(28,29)21-18(27)17(14(7)32-21)24-20(25-31)19(22)23-16(11(3)4)15-10-12(5)13(6)30-15/h10-11,16,27,31H,8-9H2,1-7H3,(H2,22,23)(H,24,25)/t16-/m1/s1. The molecule has 0 aromatic carbocycles. The number of aliphatic imine (C=N–C) groups is 2. The van der Waals surface area contributed by atoms with Crippen LogP contribution in [0.1, 0.15) is 55.7 Å². The van der Waals surface area contributed by atoms with Crippen molar-refractivity contribution in [2.45, 2.75) is 58.7 Å². The van der Waals surface area contributed by atoms with Crippen molar-refractivity contribution in [2.75, 3.05) is 13.1 Å². The van der Waals surface area contributed by atoms with Gasteiger partial charge in [-0.3, -0.25) is 4.99 Å². The fraction of sp³-hybridized carbons (Fsp3) is 0.524. The lowest BCUT2D eigenvalue weighted by molar-refractivity contribution is 0.393. The number of hydrogen-bond acceptors (Lipinski definition) is 8. The summed E-state index contributed by atoms with van der Waals surface area (Å²) in [6.07, 6.45) is 0. The molecule has 12 heteroatoms. The first-order valence-electron chi connectivity index (χ1n) is 10.6. The van der Waals surface area contributed by atoms with Crippen molar-refractivity contribution in [3.63, 3.8) is 0 Å². The molecule has 2 aromatic heterocycles. The van der Waals surface area contributed by atoms with Crippen molar-refractivity contribution < 1.29 is 17.9 Å². The Morgan fingerprint density at radius 1 is 1.30 bits per heavy atom. The predicted molar refractivity (Wildman–Crippen MR) is 137 cm³/mol. The first kappa shape index (κ1) is 27.2. The SMILES string of the molecule is CCN(CC)S(=O)(=O)c1sc(C)c(N=C(NS)C(N)=N[C@@H](c2cc(C)c(C)o2)C(C)C)c1O. The highest BCUT2D eigenvalue weighted by Crippen LogP contribution is 2.44. The van der Waals surface area contributed by atoms with Crippen LogP contribution in [0.5, 0.6) is 5.75 Å². The number of thiophene rings is 1. The van der Waals surface area contributed by atoms with E-state index in [2.05, 4.69) is 27.5 Å². The summed E-state index contributed by atoms with van der Waals surface area (Å²) in [7, 11) is -3.85. The smallest absolute Gasteiger partial charge is 0.256 e. The van der Waals surface area contributed by atoms with Gasteiger partial charge in [0.1, 0.15) is 23.2 Å². The fourth-order valence-corrected chi connectivity index (χ4v) is 6.48. The van der Waals surface area contributed by atoms with Gasteiger partial charge in [-0.2, -0.15) is 4.31 Å². The zero-order chi connectivity index (χ0) is 25.1. The lowest BCUT2D eigenvalue weighted by Gasteiger charge is -2.17. The number of sulfonamides is 1. The lowest BCUT2D eigenvalue weighted by Crippen LogP contribution is -2.32. The molecule has 184 valence electrons. The number of aryl methyl sites for hydroxylation is 3. The summed E-state index contributed by atoms with van der Waals surface area (Å²) in [4.78, 5) is 9.48. The van der Waals surface area contributed by atoms with E-state index < -0.39 is 15.8 Å². The van der Waals surface area contributed by atoms with E-state index in [0.29, 0.717) is 23.7 Å². The number of hydrogen-bond donors (Lipinski definition) is 4. The molecule has 0 bridgehead atoms. The van der Waals surface area contributed by atoms with Crippen LogP contribution in [-0.2, 0) is 10.0 Å². The Labute approximate surface area is 205 Å². The lowest BCUT2D eigenvalue weighted by atomic mass is 10.0. The predicted octanol–water partition coefficient (Wildman–Crippen LogP) is 4.22. The maximum Gasteiger partial charge on any atom is 0.256 e. The minimum absolute atomic E-state index is 0.0496. The first-order chi connectivity index (χ1) is 15.4. The van der Waals surface area contributed by atoms with Crippen molar-refractivity contribution in [1.82, 2.24) is 9.03 Å². The van der Waals surface area contributed by atoms with Crippen LogP contribution in [0, 0.1) is 26.7 Å². The zero-order valence-corrected chi connectivity index (χ0v) is 22.5. The summed E-state index contributed by atoms with van der Waals surface area (Å²) < 4.78 is 35.4. The Kier molecular flexibility index (Phi) is 9.02. The highest BCUT2D eigenvalue weighted by Gasteiger charge is 2.30. The molecule has 2 aromatic rings. The van der Waals surface area contributed by atoms with E-state index in [1.165, 1.54) is 4.31 Å². The van der Waals surface area contributed by atoms with Crippen LogP contribution < -0.4 is 10.5 Å². The average molecular weight is 516 g/mol. The molecule has 2 heterocycles. The number of nitrogens with zero attached hydrogens (tertiary/aromatic N) is 3. The second-order valence-corrected chi connectivity index (χ2v) is 11.5. The van der Waals surface area contributed by atoms with Gasteiger partial charge >= 0.3 is 0 Å². The van der Waals surface area contributed by atoms with Gasteiger partial charge in [0.25, 0.3) is 10.0 Å². The molecule has 0 aliphatic heterocycles. The molecule has 0 fully saturated rings. The normalized spacial score (nSPS) is 14.4. The molecule has 2 rings (SSSR count). The van der Waals surface area contributed by atoms with E-state index in [1.54, 1.807) is 20.8 Å². The van der Waals surface area contributed by atoms with E-state index in [0.717, 1.165) is 22.7 Å². The molecule has 1 atom stereocenters. The maximum atomic E-state index is 12.9. The van der Waals surface area contributed by atoms with E-state index in [1.807, 2.05) is 33.8 Å². The van der Waals surface area contributed by atoms with E-state index in [4.69, 9.17) is 10.2 Å². The monoisotopic (exact) mass is 515 g/mol. The summed E-state index contributed by atoms with van der Waals surface area (Å²) in [5.74, 6) is 1.29. The Hall–Kier alpha value is -2.02. The van der Waals surface area contributed by atoms with Gasteiger partial charge in [-0.15, -0.1) is 11.3 Å². The van der Waals surface area contributed by atoms with Gasteiger partial charge < -0.3 is 20.0 Å². The highest BCUT2D eigenvalue weighted by molar-refractivity contribution is 7.91. The number of aromatic hydroxyl groups is 1. The molecular formula is C21H33N5O4S3. The fourth-order valence-electron chi connectivity index (χ4n) is 3.24. The highest BCUT2D eigenvalue weighted by atomic mass is 32.2. The topological polar surface area (TPSA) is 134 Å². The number of thiol groups is 1. The zero-order valence-electron chi connectivity index (χ0n) is 20.0. The van der Waals surface area contributed by atoms with Gasteiger partial charge in [0.15, 0.2) is 21.6 Å². The van der Waals surface area contributed by atoms with Crippen LogP contribution in [0.3, 0.4) is 0 Å². The Morgan fingerprint density at radius 3 is 2.36 bits per heavy atom. The molecule has 0 saturated heterocycles. The number of nitrogens with two attached hydrogens (primary N) is 1. The molecule has 0 aliphatic carbocycles. The third-order valence-electron chi connectivity index (χ3n) is 5.23. The van der Waals surface area contributed by atoms with E-state index in [9.17, 15) is 13.5 Å². The van der Waals surface area contributed by atoms with Gasteiger partial charge in [0.05, 0.1) is 0 Å². The summed E-state index contributed by atoms with van der Waals surface area (Å²) in [6.45, 7) is 13.6. The first-order valence-corrected chi connectivity index (χ1v) is 13.3. The minimum Gasteiger partial charge on any atom is -0.504 e. The van der Waals surface area contributed by atoms with Gasteiger partial charge in [-0.1, -0.05) is 40.5 Å². The summed E-state index contributed by atoms with van der Waals surface area (Å²) in [5, 5.41) is 10.7. The van der Waals surface area contributed by atoms with Gasteiger partial charge in [0, 0.05) is 18.0 Å². The van der Waals surface area contributed by atoms with Gasteiger partial charge in [0.2, 0.25) is 0 Å². The molecule has 0 saturated carbocycles. The maximum absolute atomic E-state index is 12.9. The van der Waals surface area contributed by atoms with Crippen LogP contribution in [0.2, 0.25) is 0 Å². The van der Waals surface area contributed by atoms with Crippen molar-refractivity contribution in [3.05, 3.63) is 28.0 Å². The number of furan rings is 1. The third-order valence-corrected chi connectivity index (χ3v) is 9.06. The second kappa shape index (κ2) is 10.9. The van der Waals surface area contributed by atoms with Crippen LogP contribution in [0.25, 0.3) is 0 Å². The third kappa shape index (κ3) is 5.73. The Bertz CT molecular complexity index is 1130. The molecule has 0 radical (unpaired) electrons. The number of amidine groups is 2. The van der Waals surface area contributed by atoms with Crippen molar-refractivity contribution in [3.8, 4) is 5.75 Å². The second-order valence-electron chi connectivity index (χ2n) is 7.90. The average Bonchev–Trinajstić information content (AvgIpc) is 3.22. The molecule has 9 nitrogen and oxygen atoms in total. The van der Waals surface area contributed by atoms with Crippen LogP contribution in [0.15, 0.2) is 24.7 Å². The molecule has 0 aliphatic rings. The van der Waals surface area contributed by atoms with Crippen LogP contribution in [0.4, 0.5) is 5.69 Å². The largest absolute Gasteiger partial charge is 0.504 e. The summed E-state index contributed by atoms with van der Waals surface area (Å²) >= 11 is 5.05. The molecule has 4 N–H and O–H groups in total. The number of nitrogens with one attached hydrogen (secondary N) is 1. The van der Waals surface area contributed by atoms with Gasteiger partial charge in [-0.25, -0.2) is 13.4 Å².